The first-order valence-electron chi connectivity index (χ1n) is 22.3. The second-order valence-electron chi connectivity index (χ2n) is 16.8. The molecule has 0 atom stereocenters. The standard InChI is InChI=1S/C61H39N5/c1-3-15-40(16-4-1)45-19-13-20-47(38-45)60-62-59(43-32-29-42(30-33-43)46-34-31-41-17-7-8-18-44(41)37-46)63-61(64-60)48-35-36-52-50-23-9-12-27-55(50)66(57(52)39-48)56-28-14-25-53-51-24-10-11-26-54(51)65(58(53)56)49-21-5-2-6-22-49/h1-39H. The summed E-state index contributed by atoms with van der Waals surface area (Å²) in [5.74, 6) is 1.83. The highest BCUT2D eigenvalue weighted by molar-refractivity contribution is 6.15. The lowest BCUT2D eigenvalue weighted by Crippen LogP contribution is -2.02. The van der Waals surface area contributed by atoms with E-state index in [1.54, 1.807) is 0 Å². The van der Waals surface area contributed by atoms with Crippen LogP contribution in [0.25, 0.3) is 122 Å². The summed E-state index contributed by atoms with van der Waals surface area (Å²) >= 11 is 0. The van der Waals surface area contributed by atoms with Crippen LogP contribution >= 0.6 is 0 Å². The Balaban J connectivity index is 1.01. The van der Waals surface area contributed by atoms with Crippen LogP contribution in [0.5, 0.6) is 0 Å². The van der Waals surface area contributed by atoms with Gasteiger partial charge in [-0.1, -0.05) is 188 Å². The second kappa shape index (κ2) is 15.4. The number of rotatable bonds is 7. The molecule has 0 aliphatic rings. The van der Waals surface area contributed by atoms with Crippen molar-refractivity contribution in [2.45, 2.75) is 0 Å². The summed E-state index contributed by atoms with van der Waals surface area (Å²) in [7, 11) is 0. The van der Waals surface area contributed by atoms with E-state index in [2.05, 4.69) is 240 Å². The van der Waals surface area contributed by atoms with Gasteiger partial charge < -0.3 is 9.13 Å². The van der Waals surface area contributed by atoms with E-state index >= 15 is 0 Å². The first-order chi connectivity index (χ1) is 32.7. The monoisotopic (exact) mass is 841 g/mol. The van der Waals surface area contributed by atoms with Gasteiger partial charge in [0.1, 0.15) is 0 Å². The minimum atomic E-state index is 0.606. The molecule has 0 aliphatic carbocycles. The van der Waals surface area contributed by atoms with Gasteiger partial charge in [-0.25, -0.2) is 15.0 Å². The Morgan fingerprint density at radius 2 is 0.742 bits per heavy atom. The lowest BCUT2D eigenvalue weighted by molar-refractivity contribution is 1.07. The molecule has 0 bridgehead atoms. The van der Waals surface area contributed by atoms with E-state index in [-0.39, 0.29) is 0 Å². The quantitative estimate of drug-likeness (QED) is 0.161. The van der Waals surface area contributed by atoms with Crippen molar-refractivity contribution < 1.29 is 0 Å². The maximum atomic E-state index is 5.29. The Bertz CT molecular complexity index is 3980. The summed E-state index contributed by atoms with van der Waals surface area (Å²) in [5, 5.41) is 7.19. The Kier molecular flexibility index (Phi) is 8.78. The predicted molar refractivity (Wildman–Crippen MR) is 273 cm³/mol. The summed E-state index contributed by atoms with van der Waals surface area (Å²) < 4.78 is 4.83. The maximum absolute atomic E-state index is 5.29. The minimum Gasteiger partial charge on any atom is -0.307 e. The first kappa shape index (κ1) is 37.6. The molecule has 10 aromatic carbocycles. The van der Waals surface area contributed by atoms with Crippen LogP contribution in [0.3, 0.4) is 0 Å². The van der Waals surface area contributed by atoms with Crippen molar-refractivity contribution >= 4 is 54.4 Å². The zero-order valence-corrected chi connectivity index (χ0v) is 35.8. The first-order valence-corrected chi connectivity index (χ1v) is 22.3. The molecule has 5 nitrogen and oxygen atoms in total. The van der Waals surface area contributed by atoms with Crippen LogP contribution in [0.15, 0.2) is 237 Å². The molecule has 13 rings (SSSR count). The summed E-state index contributed by atoms with van der Waals surface area (Å²) in [6.07, 6.45) is 0. The van der Waals surface area contributed by atoms with Crippen molar-refractivity contribution in [2.75, 3.05) is 0 Å². The average molecular weight is 842 g/mol. The number of aromatic nitrogens is 5. The Labute approximate surface area is 381 Å². The third-order valence-corrected chi connectivity index (χ3v) is 12.9. The van der Waals surface area contributed by atoms with Gasteiger partial charge in [-0.3, -0.25) is 0 Å². The second-order valence-corrected chi connectivity index (χ2v) is 16.8. The lowest BCUT2D eigenvalue weighted by atomic mass is 10.00. The third-order valence-electron chi connectivity index (χ3n) is 12.9. The molecule has 66 heavy (non-hydrogen) atoms. The molecule has 308 valence electrons. The molecule has 0 amide bonds. The van der Waals surface area contributed by atoms with Gasteiger partial charge in [-0.15, -0.1) is 0 Å². The smallest absolute Gasteiger partial charge is 0.164 e. The number of fused-ring (bicyclic) bond motifs is 7. The van der Waals surface area contributed by atoms with Crippen LogP contribution in [-0.4, -0.2) is 24.1 Å². The van der Waals surface area contributed by atoms with Crippen molar-refractivity contribution in [2.24, 2.45) is 0 Å². The van der Waals surface area contributed by atoms with Gasteiger partial charge in [0.15, 0.2) is 17.5 Å². The molecule has 0 unspecified atom stereocenters. The van der Waals surface area contributed by atoms with Crippen LogP contribution in [0.1, 0.15) is 0 Å². The van der Waals surface area contributed by atoms with E-state index in [0.29, 0.717) is 17.5 Å². The van der Waals surface area contributed by atoms with Crippen LogP contribution in [0.4, 0.5) is 0 Å². The Morgan fingerprint density at radius 1 is 0.258 bits per heavy atom. The fraction of sp³-hybridized carbons (Fsp3) is 0. The van der Waals surface area contributed by atoms with Gasteiger partial charge in [0.25, 0.3) is 0 Å². The molecular formula is C61H39N5. The Hall–Kier alpha value is -8.93. The van der Waals surface area contributed by atoms with Gasteiger partial charge in [-0.2, -0.15) is 0 Å². The number of para-hydroxylation sites is 4. The van der Waals surface area contributed by atoms with E-state index < -0.39 is 0 Å². The summed E-state index contributed by atoms with van der Waals surface area (Å²) in [6, 6.07) is 84.0. The molecule has 5 heteroatoms. The highest BCUT2D eigenvalue weighted by Gasteiger charge is 2.21. The molecule has 0 fully saturated rings. The van der Waals surface area contributed by atoms with E-state index in [0.717, 1.165) is 66.7 Å². The van der Waals surface area contributed by atoms with Crippen molar-refractivity contribution in [3.8, 4) is 67.8 Å². The number of hydrogen-bond donors (Lipinski definition) is 0. The van der Waals surface area contributed by atoms with Gasteiger partial charge >= 0.3 is 0 Å². The lowest BCUT2D eigenvalue weighted by Gasteiger charge is -2.14. The molecule has 0 N–H and O–H groups in total. The third kappa shape index (κ3) is 6.28. The van der Waals surface area contributed by atoms with Gasteiger partial charge in [0, 0.05) is 43.9 Å². The van der Waals surface area contributed by atoms with Crippen molar-refractivity contribution in [1.29, 1.82) is 0 Å². The maximum Gasteiger partial charge on any atom is 0.164 e. The summed E-state index contributed by atoms with van der Waals surface area (Å²) in [5.41, 5.74) is 14.0. The molecule has 0 radical (unpaired) electrons. The average Bonchev–Trinajstić information content (AvgIpc) is 3.92. The fourth-order valence-electron chi connectivity index (χ4n) is 9.81. The highest BCUT2D eigenvalue weighted by atomic mass is 15.1. The number of nitrogens with zero attached hydrogens (tertiary/aromatic N) is 5. The molecular weight excluding hydrogens is 803 g/mol. The molecule has 13 aromatic rings. The molecule has 0 aliphatic heterocycles. The topological polar surface area (TPSA) is 48.5 Å². The van der Waals surface area contributed by atoms with Crippen LogP contribution in [0, 0.1) is 0 Å². The van der Waals surface area contributed by atoms with Gasteiger partial charge in [0.2, 0.25) is 0 Å². The normalized spacial score (nSPS) is 11.6. The predicted octanol–water partition coefficient (Wildman–Crippen LogP) is 15.6. The zero-order valence-electron chi connectivity index (χ0n) is 35.8. The SMILES string of the molecule is c1ccc(-c2cccc(-c3nc(-c4ccc(-c5ccc6ccccc6c5)cc4)nc(-c4ccc5c6ccccc6n(-c6cccc7c8ccccc8n(-c8ccccc8)c67)c5c4)n3)c2)cc1. The van der Waals surface area contributed by atoms with E-state index in [1.165, 1.54) is 38.0 Å². The van der Waals surface area contributed by atoms with E-state index in [4.69, 9.17) is 15.0 Å². The largest absolute Gasteiger partial charge is 0.307 e. The summed E-state index contributed by atoms with van der Waals surface area (Å²) in [4.78, 5) is 15.8. The van der Waals surface area contributed by atoms with Crippen molar-refractivity contribution in [3.05, 3.63) is 237 Å². The molecule has 0 spiro atoms. The van der Waals surface area contributed by atoms with Gasteiger partial charge in [-0.05, 0) is 81.6 Å². The highest BCUT2D eigenvalue weighted by Crippen LogP contribution is 2.41. The van der Waals surface area contributed by atoms with Crippen molar-refractivity contribution in [1.82, 2.24) is 24.1 Å². The van der Waals surface area contributed by atoms with Crippen LogP contribution in [0.2, 0.25) is 0 Å². The zero-order chi connectivity index (χ0) is 43.6. The van der Waals surface area contributed by atoms with Crippen LogP contribution in [-0.2, 0) is 0 Å². The Morgan fingerprint density at radius 3 is 1.52 bits per heavy atom. The number of benzene rings is 10. The van der Waals surface area contributed by atoms with Gasteiger partial charge in [0.05, 0.1) is 27.8 Å². The molecule has 3 aromatic heterocycles. The molecule has 0 saturated heterocycles. The van der Waals surface area contributed by atoms with E-state index in [9.17, 15) is 0 Å². The fourth-order valence-corrected chi connectivity index (χ4v) is 9.81. The van der Waals surface area contributed by atoms with E-state index in [1.807, 2.05) is 6.07 Å². The summed E-state index contributed by atoms with van der Waals surface area (Å²) in [6.45, 7) is 0. The van der Waals surface area contributed by atoms with Crippen molar-refractivity contribution in [3.63, 3.8) is 0 Å². The molecule has 0 saturated carbocycles. The molecule has 3 heterocycles. The minimum absolute atomic E-state index is 0.606. The van der Waals surface area contributed by atoms with Crippen LogP contribution < -0.4 is 0 Å². The number of hydrogen-bond acceptors (Lipinski definition) is 3.